The Kier molecular flexibility index (Phi) is 4.76. The van der Waals surface area contributed by atoms with Gasteiger partial charge in [0.05, 0.1) is 0 Å². The van der Waals surface area contributed by atoms with Crippen molar-refractivity contribution in [2.24, 2.45) is 10.9 Å². The molecule has 3 heteroatoms. The summed E-state index contributed by atoms with van der Waals surface area (Å²) in [4.78, 5) is 5.11. The number of nitrogens with one attached hydrogen (secondary N) is 1. The van der Waals surface area contributed by atoms with Crippen molar-refractivity contribution in [2.45, 2.75) is 32.2 Å². The highest BCUT2D eigenvalue weighted by atomic mass is 19.1. The quantitative estimate of drug-likeness (QED) is 0.519. The Bertz CT molecular complexity index is 986. The molecule has 1 heterocycles. The summed E-state index contributed by atoms with van der Waals surface area (Å²) in [5.41, 5.74) is 6.71. The molecule has 28 heavy (non-hydrogen) atoms. The molecule has 0 saturated heterocycles. The van der Waals surface area contributed by atoms with Crippen LogP contribution in [0.2, 0.25) is 0 Å². The topological polar surface area (TPSA) is 24.4 Å². The molecule has 142 valence electrons. The van der Waals surface area contributed by atoms with Gasteiger partial charge >= 0.3 is 0 Å². The van der Waals surface area contributed by atoms with Crippen LogP contribution in [-0.4, -0.2) is 11.8 Å². The van der Waals surface area contributed by atoms with Crippen LogP contribution < -0.4 is 5.32 Å². The van der Waals surface area contributed by atoms with Crippen LogP contribution in [0.5, 0.6) is 0 Å². The van der Waals surface area contributed by atoms with Crippen molar-refractivity contribution in [1.29, 1.82) is 0 Å². The first-order valence-electron chi connectivity index (χ1n) is 9.71. The van der Waals surface area contributed by atoms with Crippen LogP contribution >= 0.6 is 0 Å². The molecule has 2 bridgehead atoms. The van der Waals surface area contributed by atoms with Gasteiger partial charge in [-0.3, -0.25) is 4.99 Å². The summed E-state index contributed by atoms with van der Waals surface area (Å²) in [7, 11) is 0. The predicted molar refractivity (Wildman–Crippen MR) is 115 cm³/mol. The van der Waals surface area contributed by atoms with Gasteiger partial charge in [0, 0.05) is 35.5 Å². The second-order valence-corrected chi connectivity index (χ2v) is 7.67. The molecule has 0 aromatic heterocycles. The lowest BCUT2D eigenvalue weighted by Crippen LogP contribution is -2.44. The van der Waals surface area contributed by atoms with Gasteiger partial charge < -0.3 is 5.32 Å². The molecule has 3 aliphatic rings. The fourth-order valence-electron chi connectivity index (χ4n) is 4.62. The van der Waals surface area contributed by atoms with E-state index < -0.39 is 0 Å². The van der Waals surface area contributed by atoms with Gasteiger partial charge in [-0.2, -0.15) is 0 Å². The minimum atomic E-state index is -0.372. The molecule has 2 nitrogen and oxygen atoms in total. The highest BCUT2D eigenvalue weighted by Crippen LogP contribution is 2.51. The molecule has 0 fully saturated rings. The van der Waals surface area contributed by atoms with Crippen LogP contribution in [0.3, 0.4) is 0 Å². The second kappa shape index (κ2) is 7.23. The van der Waals surface area contributed by atoms with Crippen LogP contribution in [0, 0.1) is 11.7 Å². The molecule has 0 amide bonds. The number of hydrogen-bond donors (Lipinski definition) is 1. The summed E-state index contributed by atoms with van der Waals surface area (Å²) in [6, 6.07) is 6.47. The van der Waals surface area contributed by atoms with Gasteiger partial charge in [-0.25, -0.2) is 4.39 Å². The molecule has 0 spiro atoms. The molecule has 1 aromatic carbocycles. The smallest absolute Gasteiger partial charge is 0.123 e. The van der Waals surface area contributed by atoms with Gasteiger partial charge in [0.15, 0.2) is 0 Å². The van der Waals surface area contributed by atoms with Crippen molar-refractivity contribution in [3.8, 4) is 0 Å². The standard InChI is InChI=1S/C25H25FN2/c1-4-22-20-14-17(2)16-25(22,23-12-7-18(3)28-24(23)15-20)27-13-5-6-19-8-10-21(26)11-9-19/h4-14,20,28H,3,15-16H2,1-2H3/b6-5+,22-4+,27-13?. The number of benzene rings is 1. The number of fused-ring (bicyclic) bond motifs is 3. The van der Waals surface area contributed by atoms with Crippen LogP contribution in [0.1, 0.15) is 32.3 Å². The van der Waals surface area contributed by atoms with Crippen molar-refractivity contribution in [1.82, 2.24) is 5.32 Å². The largest absolute Gasteiger partial charge is 0.359 e. The second-order valence-electron chi connectivity index (χ2n) is 7.67. The average molecular weight is 372 g/mol. The first kappa shape index (κ1) is 18.4. The highest BCUT2D eigenvalue weighted by Gasteiger charge is 2.47. The van der Waals surface area contributed by atoms with E-state index in [0.717, 1.165) is 24.1 Å². The zero-order valence-corrected chi connectivity index (χ0v) is 16.4. The van der Waals surface area contributed by atoms with Gasteiger partial charge in [0.25, 0.3) is 0 Å². The fourth-order valence-corrected chi connectivity index (χ4v) is 4.62. The molecule has 2 unspecified atom stereocenters. The van der Waals surface area contributed by atoms with Gasteiger partial charge in [-0.05, 0) is 55.7 Å². The maximum absolute atomic E-state index is 13.1. The number of aliphatic imine (C=N–C) groups is 1. The molecule has 1 N–H and O–H groups in total. The predicted octanol–water partition coefficient (Wildman–Crippen LogP) is 5.89. The Labute approximate surface area is 166 Å². The van der Waals surface area contributed by atoms with E-state index in [1.165, 1.54) is 34.5 Å². The third kappa shape index (κ3) is 3.22. The van der Waals surface area contributed by atoms with E-state index in [4.69, 9.17) is 4.99 Å². The minimum absolute atomic E-state index is 0.224. The Balaban J connectivity index is 1.72. The normalized spacial score (nSPS) is 28.1. The van der Waals surface area contributed by atoms with Crippen molar-refractivity contribution in [2.75, 3.05) is 0 Å². The Morgan fingerprint density at radius 2 is 2.04 bits per heavy atom. The number of rotatable bonds is 3. The molecule has 1 aliphatic heterocycles. The first-order chi connectivity index (χ1) is 13.5. The molecular weight excluding hydrogens is 347 g/mol. The zero-order chi connectivity index (χ0) is 19.7. The van der Waals surface area contributed by atoms with Crippen molar-refractivity contribution >= 4 is 12.3 Å². The molecule has 4 rings (SSSR count). The molecule has 2 aliphatic carbocycles. The SMILES string of the molecule is C=C1C=CC2=C(CC3C=C(C)CC2(N=C/C=C/c2ccc(F)cc2)/C3=C/C)N1. The molecule has 1 aromatic rings. The summed E-state index contributed by atoms with van der Waals surface area (Å²) in [6.07, 6.45) is 16.4. The third-order valence-corrected chi connectivity index (χ3v) is 5.71. The first-order valence-corrected chi connectivity index (χ1v) is 9.71. The van der Waals surface area contributed by atoms with Crippen LogP contribution in [0.15, 0.2) is 94.3 Å². The van der Waals surface area contributed by atoms with Crippen molar-refractivity contribution in [3.63, 3.8) is 0 Å². The molecular formula is C25H25FN2. The Morgan fingerprint density at radius 1 is 1.25 bits per heavy atom. The number of allylic oxidation sites excluding steroid dienone is 5. The van der Waals surface area contributed by atoms with E-state index in [1.807, 2.05) is 24.4 Å². The highest BCUT2D eigenvalue weighted by molar-refractivity contribution is 5.80. The lowest BCUT2D eigenvalue weighted by atomic mass is 9.62. The average Bonchev–Trinajstić information content (AvgIpc) is 2.66. The monoisotopic (exact) mass is 372 g/mol. The fraction of sp³-hybridized carbons (Fsp3) is 0.240. The van der Waals surface area contributed by atoms with Crippen LogP contribution in [-0.2, 0) is 0 Å². The third-order valence-electron chi connectivity index (χ3n) is 5.71. The van der Waals surface area contributed by atoms with Crippen LogP contribution in [0.25, 0.3) is 6.08 Å². The lowest BCUT2D eigenvalue weighted by molar-refractivity contribution is 0.453. The van der Waals surface area contributed by atoms with E-state index in [1.54, 1.807) is 12.1 Å². The van der Waals surface area contributed by atoms with Gasteiger partial charge in [0.2, 0.25) is 0 Å². The number of halogens is 1. The summed E-state index contributed by atoms with van der Waals surface area (Å²) in [6.45, 7) is 8.36. The van der Waals surface area contributed by atoms with E-state index >= 15 is 0 Å². The Morgan fingerprint density at radius 3 is 2.79 bits per heavy atom. The van der Waals surface area contributed by atoms with E-state index in [2.05, 4.69) is 44.0 Å². The summed E-state index contributed by atoms with van der Waals surface area (Å²) >= 11 is 0. The van der Waals surface area contributed by atoms with E-state index in [9.17, 15) is 4.39 Å². The molecule has 0 saturated carbocycles. The Hall–Kier alpha value is -2.94. The number of hydrogen-bond acceptors (Lipinski definition) is 2. The van der Waals surface area contributed by atoms with E-state index in [0.29, 0.717) is 5.92 Å². The van der Waals surface area contributed by atoms with Crippen molar-refractivity contribution in [3.05, 3.63) is 101 Å². The zero-order valence-electron chi connectivity index (χ0n) is 16.4. The van der Waals surface area contributed by atoms with Gasteiger partial charge in [0.1, 0.15) is 11.4 Å². The summed E-state index contributed by atoms with van der Waals surface area (Å²) in [5, 5.41) is 3.47. The van der Waals surface area contributed by atoms with Gasteiger partial charge in [-0.1, -0.05) is 48.6 Å². The number of dihydropyridines is 1. The van der Waals surface area contributed by atoms with Crippen molar-refractivity contribution < 1.29 is 4.39 Å². The molecule has 0 radical (unpaired) electrons. The summed E-state index contributed by atoms with van der Waals surface area (Å²) in [5.74, 6) is 0.139. The van der Waals surface area contributed by atoms with Crippen LogP contribution in [0.4, 0.5) is 4.39 Å². The number of nitrogens with zero attached hydrogens (tertiary/aromatic N) is 1. The summed E-state index contributed by atoms with van der Waals surface area (Å²) < 4.78 is 13.1. The minimum Gasteiger partial charge on any atom is -0.359 e. The van der Waals surface area contributed by atoms with Gasteiger partial charge in [-0.15, -0.1) is 0 Å². The van der Waals surface area contributed by atoms with E-state index in [-0.39, 0.29) is 11.4 Å². The lowest BCUT2D eigenvalue weighted by Gasteiger charge is -2.47. The maximum atomic E-state index is 13.1. The molecule has 2 atom stereocenters. The maximum Gasteiger partial charge on any atom is 0.123 e.